The summed E-state index contributed by atoms with van der Waals surface area (Å²) < 4.78 is 76.0. The predicted molar refractivity (Wildman–Crippen MR) is 97.0 cm³/mol. The van der Waals surface area contributed by atoms with Gasteiger partial charge in [-0.1, -0.05) is 11.6 Å². The van der Waals surface area contributed by atoms with Crippen molar-refractivity contribution in [1.29, 1.82) is 0 Å². The molecule has 0 radical (unpaired) electrons. The lowest BCUT2D eigenvalue weighted by molar-refractivity contribution is -0.390. The molecule has 162 valence electrons. The summed E-state index contributed by atoms with van der Waals surface area (Å²) in [7, 11) is 0. The number of ether oxygens (including phenoxy) is 1. The summed E-state index contributed by atoms with van der Waals surface area (Å²) in [5.74, 6) is -10.2. The Bertz CT molecular complexity index is 1340. The van der Waals surface area contributed by atoms with Gasteiger partial charge < -0.3 is 9.30 Å². The minimum absolute atomic E-state index is 0.0295. The van der Waals surface area contributed by atoms with Gasteiger partial charge in [0.05, 0.1) is 22.4 Å². The maximum atomic E-state index is 14.8. The van der Waals surface area contributed by atoms with E-state index < -0.39 is 78.3 Å². The van der Waals surface area contributed by atoms with Crippen molar-refractivity contribution in [3.63, 3.8) is 0 Å². The lowest BCUT2D eigenvalue weighted by atomic mass is 10.1. The first-order valence-corrected chi connectivity index (χ1v) is 8.61. The summed E-state index contributed by atoms with van der Waals surface area (Å²) in [4.78, 5) is 34.3. The van der Waals surface area contributed by atoms with Crippen molar-refractivity contribution in [2.75, 3.05) is 6.61 Å². The zero-order valence-electron chi connectivity index (χ0n) is 15.1. The molecule has 0 bridgehead atoms. The van der Waals surface area contributed by atoms with Crippen LogP contribution in [0.2, 0.25) is 5.02 Å². The average molecular weight is 463 g/mol. The first kappa shape index (κ1) is 22.2. The van der Waals surface area contributed by atoms with Crippen molar-refractivity contribution >= 4 is 34.2 Å². The van der Waals surface area contributed by atoms with Crippen LogP contribution in [0, 0.1) is 39.2 Å². The Morgan fingerprint density at radius 1 is 1.13 bits per heavy atom. The number of nitrogens with zero attached hydrogens (tertiary/aromatic N) is 2. The molecule has 31 heavy (non-hydrogen) atoms. The fourth-order valence-corrected chi connectivity index (χ4v) is 3.16. The lowest BCUT2D eigenvalue weighted by Crippen LogP contribution is -2.22. The summed E-state index contributed by atoms with van der Waals surface area (Å²) in [6.07, 6.45) is 0.481. The first-order chi connectivity index (χ1) is 14.5. The fraction of sp³-hybridized carbons (Fsp3) is 0.111. The van der Waals surface area contributed by atoms with Crippen molar-refractivity contribution in [3.8, 4) is 5.69 Å². The standard InChI is InChI=1S/C18H8ClF5N2O5/c1-2-31-18(28)7-5-25(14-6(17(7)27)3-8(20)12(23)11(14)19)15-9(21)4-10(22)16(13(15)24)26(29)30/h3-5H,2H2,1H3. The van der Waals surface area contributed by atoms with Gasteiger partial charge in [0, 0.05) is 12.3 Å². The number of hydrogen-bond acceptors (Lipinski definition) is 5. The van der Waals surface area contributed by atoms with Crippen LogP contribution in [0.15, 0.2) is 23.1 Å². The Morgan fingerprint density at radius 3 is 2.35 bits per heavy atom. The first-order valence-electron chi connectivity index (χ1n) is 8.23. The van der Waals surface area contributed by atoms with Crippen molar-refractivity contribution < 1.29 is 36.4 Å². The topological polar surface area (TPSA) is 91.4 Å². The van der Waals surface area contributed by atoms with Crippen LogP contribution in [0.1, 0.15) is 17.3 Å². The highest BCUT2D eigenvalue weighted by molar-refractivity contribution is 6.35. The van der Waals surface area contributed by atoms with Gasteiger partial charge in [-0.3, -0.25) is 14.9 Å². The molecule has 0 spiro atoms. The van der Waals surface area contributed by atoms with E-state index in [-0.39, 0.29) is 17.2 Å². The molecular weight excluding hydrogens is 455 g/mol. The molecule has 0 amide bonds. The molecule has 0 aliphatic rings. The number of carbonyl (C=O) groups excluding carboxylic acids is 1. The lowest BCUT2D eigenvalue weighted by Gasteiger charge is -2.16. The molecule has 0 aliphatic carbocycles. The molecular formula is C18H8ClF5N2O5. The molecule has 2 aromatic carbocycles. The number of carbonyl (C=O) groups is 1. The summed E-state index contributed by atoms with van der Waals surface area (Å²) in [6.45, 7) is 1.16. The molecule has 0 saturated heterocycles. The Hall–Kier alpha value is -3.54. The number of fused-ring (bicyclic) bond motifs is 1. The molecule has 1 aromatic heterocycles. The normalized spacial score (nSPS) is 11.1. The SMILES string of the molecule is CCOC(=O)c1cn(-c2c(F)cc(F)c([N+](=O)[O-])c2F)c2c(Cl)c(F)c(F)cc2c1=O. The van der Waals surface area contributed by atoms with Gasteiger partial charge >= 0.3 is 11.7 Å². The van der Waals surface area contributed by atoms with E-state index in [1.807, 2.05) is 0 Å². The van der Waals surface area contributed by atoms with Crippen LogP contribution in [0.5, 0.6) is 0 Å². The fourth-order valence-electron chi connectivity index (χ4n) is 2.88. The predicted octanol–water partition coefficient (Wildman–Crippen LogP) is 4.42. The Kier molecular flexibility index (Phi) is 5.68. The molecule has 1 heterocycles. The van der Waals surface area contributed by atoms with E-state index in [0.29, 0.717) is 12.3 Å². The number of benzene rings is 2. The van der Waals surface area contributed by atoms with Crippen LogP contribution in [-0.4, -0.2) is 22.1 Å². The maximum Gasteiger partial charge on any atom is 0.343 e. The van der Waals surface area contributed by atoms with Crippen LogP contribution in [0.25, 0.3) is 16.6 Å². The zero-order valence-corrected chi connectivity index (χ0v) is 15.9. The minimum Gasteiger partial charge on any atom is -0.462 e. The van der Waals surface area contributed by atoms with Gasteiger partial charge in [-0.2, -0.15) is 8.78 Å². The maximum absolute atomic E-state index is 14.8. The molecule has 0 fully saturated rings. The van der Waals surface area contributed by atoms with Gasteiger partial charge in [-0.15, -0.1) is 0 Å². The number of aromatic nitrogens is 1. The van der Waals surface area contributed by atoms with Crippen LogP contribution < -0.4 is 5.43 Å². The molecule has 7 nitrogen and oxygen atoms in total. The van der Waals surface area contributed by atoms with Crippen LogP contribution in [0.4, 0.5) is 27.6 Å². The number of rotatable bonds is 4. The van der Waals surface area contributed by atoms with E-state index in [1.165, 1.54) is 6.92 Å². The second kappa shape index (κ2) is 7.95. The van der Waals surface area contributed by atoms with E-state index in [1.54, 1.807) is 0 Å². The second-order valence-electron chi connectivity index (χ2n) is 5.95. The van der Waals surface area contributed by atoms with Gasteiger partial charge in [0.1, 0.15) is 16.3 Å². The molecule has 13 heteroatoms. The van der Waals surface area contributed by atoms with E-state index in [9.17, 15) is 41.7 Å². The third-order valence-electron chi connectivity index (χ3n) is 4.17. The van der Waals surface area contributed by atoms with E-state index in [2.05, 4.69) is 4.74 Å². The van der Waals surface area contributed by atoms with Crippen molar-refractivity contribution in [2.45, 2.75) is 6.92 Å². The monoisotopic (exact) mass is 462 g/mol. The highest BCUT2D eigenvalue weighted by atomic mass is 35.5. The molecule has 0 unspecified atom stereocenters. The van der Waals surface area contributed by atoms with Crippen LogP contribution in [0.3, 0.4) is 0 Å². The van der Waals surface area contributed by atoms with E-state index in [4.69, 9.17) is 11.6 Å². The van der Waals surface area contributed by atoms with E-state index in [0.717, 1.165) is 0 Å². The molecule has 3 rings (SSSR count). The van der Waals surface area contributed by atoms with Gasteiger partial charge in [-0.25, -0.2) is 18.0 Å². The Labute approximate surface area is 173 Å². The third-order valence-corrected chi connectivity index (χ3v) is 4.51. The second-order valence-corrected chi connectivity index (χ2v) is 6.33. The highest BCUT2D eigenvalue weighted by Crippen LogP contribution is 2.34. The molecule has 0 atom stereocenters. The number of nitro benzene ring substituents is 1. The quantitative estimate of drug-likeness (QED) is 0.188. The van der Waals surface area contributed by atoms with Crippen LogP contribution >= 0.6 is 11.6 Å². The summed E-state index contributed by atoms with van der Waals surface area (Å²) in [6, 6.07) is 0.296. The molecule has 0 aliphatic heterocycles. The number of hydrogen-bond donors (Lipinski definition) is 0. The van der Waals surface area contributed by atoms with Gasteiger partial charge in [0.2, 0.25) is 17.1 Å². The number of pyridine rings is 1. The van der Waals surface area contributed by atoms with Gasteiger partial charge in [-0.05, 0) is 13.0 Å². The molecule has 3 aromatic rings. The zero-order chi connectivity index (χ0) is 23.2. The summed E-state index contributed by atoms with van der Waals surface area (Å²) in [5, 5.41) is 9.11. The van der Waals surface area contributed by atoms with Crippen molar-refractivity contribution in [2.24, 2.45) is 0 Å². The average Bonchev–Trinajstić information content (AvgIpc) is 2.67. The molecule has 0 saturated carbocycles. The van der Waals surface area contributed by atoms with E-state index >= 15 is 0 Å². The third kappa shape index (κ3) is 3.48. The summed E-state index contributed by atoms with van der Waals surface area (Å²) >= 11 is 5.75. The number of esters is 1. The van der Waals surface area contributed by atoms with Crippen LogP contribution in [-0.2, 0) is 4.74 Å². The Balaban J connectivity index is 2.60. The molecule has 0 N–H and O–H groups in total. The van der Waals surface area contributed by atoms with Gasteiger partial charge in [0.15, 0.2) is 17.5 Å². The summed E-state index contributed by atoms with van der Waals surface area (Å²) in [5.41, 5.74) is -6.04. The number of nitro groups is 1. The highest BCUT2D eigenvalue weighted by Gasteiger charge is 2.31. The largest absolute Gasteiger partial charge is 0.462 e. The van der Waals surface area contributed by atoms with Crippen molar-refractivity contribution in [3.05, 3.63) is 78.3 Å². The Morgan fingerprint density at radius 2 is 1.77 bits per heavy atom. The van der Waals surface area contributed by atoms with Crippen molar-refractivity contribution in [1.82, 2.24) is 4.57 Å². The minimum atomic E-state index is -2.05. The number of halogens is 6. The smallest absolute Gasteiger partial charge is 0.343 e. The van der Waals surface area contributed by atoms with Gasteiger partial charge in [0.25, 0.3) is 0 Å².